The van der Waals surface area contributed by atoms with Crippen molar-refractivity contribution < 1.29 is 28.6 Å². The maximum atomic E-state index is 11.7. The molecule has 0 atom stereocenters. The fraction of sp³-hybridized carbons (Fsp3) is 0.556. The summed E-state index contributed by atoms with van der Waals surface area (Å²) in [4.78, 5) is 38.8. The van der Waals surface area contributed by atoms with Crippen LogP contribution in [0.2, 0.25) is 0 Å². The number of amides is 2. The Bertz CT molecular complexity index is 642. The van der Waals surface area contributed by atoms with Crippen LogP contribution in [0, 0.1) is 0 Å². The second-order valence-electron chi connectivity index (χ2n) is 6.61. The van der Waals surface area contributed by atoms with Crippen LogP contribution in [0.25, 0.3) is 0 Å². The summed E-state index contributed by atoms with van der Waals surface area (Å²) in [6.07, 6.45) is 1.65. The van der Waals surface area contributed by atoms with Crippen LogP contribution in [0.1, 0.15) is 49.7 Å². The minimum absolute atomic E-state index is 0.0459. The molecule has 1 heterocycles. The Morgan fingerprint density at radius 1 is 1.11 bits per heavy atom. The van der Waals surface area contributed by atoms with Crippen molar-refractivity contribution in [3.05, 3.63) is 29.6 Å². The largest absolute Gasteiger partial charge is 0.465 e. The SMILES string of the molecule is COC(=O)c1cccnc1CNC(=O)OCCCCNC(=O)OC(C)(C)C. The summed E-state index contributed by atoms with van der Waals surface area (Å²) < 4.78 is 14.8. The molecular weight excluding hydrogens is 354 g/mol. The molecule has 2 amide bonds. The van der Waals surface area contributed by atoms with Crippen molar-refractivity contribution >= 4 is 18.2 Å². The molecule has 9 heteroatoms. The summed E-state index contributed by atoms with van der Waals surface area (Å²) in [5.41, 5.74) is 0.142. The van der Waals surface area contributed by atoms with Gasteiger partial charge in [-0.1, -0.05) is 0 Å². The Morgan fingerprint density at radius 3 is 2.52 bits per heavy atom. The standard InChI is InChI=1S/C18H27N3O6/c1-18(2,3)27-17(24)20-9-5-6-11-26-16(23)21-12-14-13(15(22)25-4)8-7-10-19-14/h7-8,10H,5-6,9,11-12H2,1-4H3,(H,20,24)(H,21,23). The molecule has 1 aromatic heterocycles. The summed E-state index contributed by atoms with van der Waals surface area (Å²) in [5.74, 6) is -0.522. The van der Waals surface area contributed by atoms with Crippen LogP contribution < -0.4 is 10.6 Å². The monoisotopic (exact) mass is 381 g/mol. The van der Waals surface area contributed by atoms with Gasteiger partial charge in [0.2, 0.25) is 0 Å². The minimum atomic E-state index is -0.614. The van der Waals surface area contributed by atoms with Gasteiger partial charge in [0, 0.05) is 12.7 Å². The lowest BCUT2D eigenvalue weighted by molar-refractivity contribution is 0.0524. The Hall–Kier alpha value is -2.84. The van der Waals surface area contributed by atoms with E-state index < -0.39 is 23.8 Å². The van der Waals surface area contributed by atoms with Crippen molar-refractivity contribution in [2.75, 3.05) is 20.3 Å². The summed E-state index contributed by atoms with van der Waals surface area (Å²) in [6, 6.07) is 3.18. The van der Waals surface area contributed by atoms with Gasteiger partial charge in [0.1, 0.15) is 5.60 Å². The van der Waals surface area contributed by atoms with E-state index in [9.17, 15) is 14.4 Å². The second kappa shape index (κ2) is 11.0. The minimum Gasteiger partial charge on any atom is -0.465 e. The average molecular weight is 381 g/mol. The second-order valence-corrected chi connectivity index (χ2v) is 6.61. The van der Waals surface area contributed by atoms with E-state index in [1.807, 2.05) is 0 Å². The van der Waals surface area contributed by atoms with Gasteiger partial charge in [-0.05, 0) is 45.7 Å². The van der Waals surface area contributed by atoms with E-state index in [4.69, 9.17) is 9.47 Å². The molecular formula is C18H27N3O6. The lowest BCUT2D eigenvalue weighted by Crippen LogP contribution is -2.33. The molecule has 0 saturated carbocycles. The Morgan fingerprint density at radius 2 is 1.85 bits per heavy atom. The number of ether oxygens (including phenoxy) is 3. The van der Waals surface area contributed by atoms with E-state index in [2.05, 4.69) is 20.4 Å². The van der Waals surface area contributed by atoms with Gasteiger partial charge in [0.25, 0.3) is 0 Å². The number of pyridine rings is 1. The Kier molecular flexibility index (Phi) is 9.04. The molecule has 0 aromatic carbocycles. The van der Waals surface area contributed by atoms with Gasteiger partial charge in [-0.2, -0.15) is 0 Å². The summed E-state index contributed by atoms with van der Waals surface area (Å²) in [6.45, 7) is 6.04. The number of aromatic nitrogens is 1. The molecule has 0 saturated heterocycles. The predicted molar refractivity (Wildman–Crippen MR) is 97.2 cm³/mol. The van der Waals surface area contributed by atoms with Gasteiger partial charge < -0.3 is 24.8 Å². The highest BCUT2D eigenvalue weighted by molar-refractivity contribution is 5.90. The lowest BCUT2D eigenvalue weighted by atomic mass is 10.2. The molecule has 27 heavy (non-hydrogen) atoms. The quantitative estimate of drug-likeness (QED) is 0.403. The predicted octanol–water partition coefficient (Wildman–Crippen LogP) is 2.40. The fourth-order valence-electron chi connectivity index (χ4n) is 1.98. The van der Waals surface area contributed by atoms with Crippen molar-refractivity contribution in [3.63, 3.8) is 0 Å². The Labute approximate surface area is 158 Å². The van der Waals surface area contributed by atoms with E-state index in [1.54, 1.807) is 32.9 Å². The first-order valence-electron chi connectivity index (χ1n) is 8.62. The maximum absolute atomic E-state index is 11.7. The third-order valence-electron chi connectivity index (χ3n) is 3.17. The molecule has 0 fully saturated rings. The highest BCUT2D eigenvalue weighted by Crippen LogP contribution is 2.07. The summed E-state index contributed by atoms with van der Waals surface area (Å²) in [5, 5.41) is 5.16. The molecule has 0 aliphatic carbocycles. The van der Waals surface area contributed by atoms with Crippen LogP contribution >= 0.6 is 0 Å². The van der Waals surface area contributed by atoms with Crippen molar-refractivity contribution in [2.24, 2.45) is 0 Å². The number of unbranched alkanes of at least 4 members (excludes halogenated alkanes) is 1. The van der Waals surface area contributed by atoms with E-state index >= 15 is 0 Å². The number of rotatable bonds is 8. The molecule has 0 aliphatic heterocycles. The van der Waals surface area contributed by atoms with Crippen molar-refractivity contribution in [1.29, 1.82) is 0 Å². The first-order chi connectivity index (χ1) is 12.7. The van der Waals surface area contributed by atoms with Gasteiger partial charge in [0.05, 0.1) is 31.5 Å². The first-order valence-corrected chi connectivity index (χ1v) is 8.62. The van der Waals surface area contributed by atoms with Gasteiger partial charge in [-0.15, -0.1) is 0 Å². The van der Waals surface area contributed by atoms with E-state index in [-0.39, 0.29) is 18.7 Å². The number of methoxy groups -OCH3 is 1. The van der Waals surface area contributed by atoms with Gasteiger partial charge in [0.15, 0.2) is 0 Å². The number of hydrogen-bond acceptors (Lipinski definition) is 7. The third kappa shape index (κ3) is 9.43. The number of esters is 1. The van der Waals surface area contributed by atoms with Gasteiger partial charge >= 0.3 is 18.2 Å². The van der Waals surface area contributed by atoms with Gasteiger partial charge in [-0.25, -0.2) is 14.4 Å². The smallest absolute Gasteiger partial charge is 0.407 e. The van der Waals surface area contributed by atoms with Crippen LogP contribution in [-0.2, 0) is 20.8 Å². The van der Waals surface area contributed by atoms with E-state index in [0.29, 0.717) is 25.1 Å². The zero-order chi connectivity index (χ0) is 20.3. The number of nitrogens with one attached hydrogen (secondary N) is 2. The van der Waals surface area contributed by atoms with Gasteiger partial charge in [-0.3, -0.25) is 4.98 Å². The molecule has 1 aromatic rings. The van der Waals surface area contributed by atoms with Crippen LogP contribution in [-0.4, -0.2) is 49.0 Å². The van der Waals surface area contributed by atoms with Crippen LogP contribution in [0.4, 0.5) is 9.59 Å². The van der Waals surface area contributed by atoms with Crippen LogP contribution in [0.3, 0.4) is 0 Å². The molecule has 0 unspecified atom stereocenters. The number of hydrogen-bond donors (Lipinski definition) is 2. The summed E-state index contributed by atoms with van der Waals surface area (Å²) in [7, 11) is 1.28. The first kappa shape index (κ1) is 22.2. The molecule has 0 bridgehead atoms. The molecule has 1 rings (SSSR count). The third-order valence-corrected chi connectivity index (χ3v) is 3.17. The molecule has 0 spiro atoms. The number of carbonyl (C=O) groups excluding carboxylic acids is 3. The van der Waals surface area contributed by atoms with Crippen LogP contribution in [0.5, 0.6) is 0 Å². The zero-order valence-corrected chi connectivity index (χ0v) is 16.2. The maximum Gasteiger partial charge on any atom is 0.407 e. The topological polar surface area (TPSA) is 116 Å². The molecule has 0 aliphatic rings. The lowest BCUT2D eigenvalue weighted by Gasteiger charge is -2.19. The summed E-state index contributed by atoms with van der Waals surface area (Å²) >= 11 is 0. The van der Waals surface area contributed by atoms with E-state index in [1.165, 1.54) is 13.3 Å². The zero-order valence-electron chi connectivity index (χ0n) is 16.2. The number of alkyl carbamates (subject to hydrolysis) is 2. The molecule has 2 N–H and O–H groups in total. The normalized spacial score (nSPS) is 10.7. The highest BCUT2D eigenvalue weighted by atomic mass is 16.6. The molecule has 9 nitrogen and oxygen atoms in total. The van der Waals surface area contributed by atoms with Crippen molar-refractivity contribution in [2.45, 2.75) is 45.8 Å². The number of carbonyl (C=O) groups is 3. The Balaban J connectivity index is 2.20. The highest BCUT2D eigenvalue weighted by Gasteiger charge is 2.15. The molecule has 150 valence electrons. The van der Waals surface area contributed by atoms with Crippen LogP contribution in [0.15, 0.2) is 18.3 Å². The molecule has 0 radical (unpaired) electrons. The average Bonchev–Trinajstić information content (AvgIpc) is 2.61. The number of nitrogens with zero attached hydrogens (tertiary/aromatic N) is 1. The van der Waals surface area contributed by atoms with Crippen molar-refractivity contribution in [3.8, 4) is 0 Å². The van der Waals surface area contributed by atoms with Crippen molar-refractivity contribution in [1.82, 2.24) is 15.6 Å². The fourth-order valence-corrected chi connectivity index (χ4v) is 1.98. The van der Waals surface area contributed by atoms with E-state index in [0.717, 1.165) is 0 Å².